The predicted octanol–water partition coefficient (Wildman–Crippen LogP) is 2.25. The Morgan fingerprint density at radius 3 is 1.89 bits per heavy atom. The van der Waals surface area contributed by atoms with Crippen molar-refractivity contribution in [1.29, 1.82) is 0 Å². The lowest BCUT2D eigenvalue weighted by atomic mass is 10.3. The lowest BCUT2D eigenvalue weighted by molar-refractivity contribution is 1.29. The van der Waals surface area contributed by atoms with Crippen LogP contribution < -0.4 is 0 Å². The fraction of sp³-hybridized carbons (Fsp3) is 0.286. The highest BCUT2D eigenvalue weighted by Gasteiger charge is 1.72. The molecule has 1 aromatic heterocycles. The molecule has 0 aliphatic rings. The van der Waals surface area contributed by atoms with E-state index in [1.54, 1.807) is 12.4 Å². The summed E-state index contributed by atoms with van der Waals surface area (Å²) in [6.07, 6.45) is 5.05. The third-order valence-corrected chi connectivity index (χ3v) is 0.847. The van der Waals surface area contributed by atoms with Gasteiger partial charge < -0.3 is 0 Å². The number of nitrogens with zero attached hydrogens (tertiary/aromatic N) is 1. The van der Waals surface area contributed by atoms with Crippen LogP contribution in [-0.2, 0) is 0 Å². The molecule has 0 fully saturated rings. The first kappa shape index (κ1) is 8.44. The summed E-state index contributed by atoms with van der Waals surface area (Å²) >= 11 is 4.64. The van der Waals surface area contributed by atoms with Gasteiger partial charge in [-0.05, 0) is 24.6 Å². The van der Waals surface area contributed by atoms with Crippen molar-refractivity contribution in [2.75, 3.05) is 6.38 Å². The fourth-order valence-corrected chi connectivity index (χ4v) is 0.426. The third kappa shape index (κ3) is 3.98. The average molecular weight is 144 g/mol. The molecular formula is C7H10ClN. The van der Waals surface area contributed by atoms with Gasteiger partial charge >= 0.3 is 0 Å². The largest absolute Gasteiger partial charge is 0.265 e. The Hall–Kier alpha value is -0.560. The van der Waals surface area contributed by atoms with Crippen LogP contribution >= 0.6 is 11.6 Å². The van der Waals surface area contributed by atoms with Gasteiger partial charge in [-0.2, -0.15) is 0 Å². The van der Waals surface area contributed by atoms with E-state index in [0.717, 1.165) is 0 Å². The number of aromatic nitrogens is 1. The lowest BCUT2D eigenvalue weighted by Crippen LogP contribution is -1.68. The van der Waals surface area contributed by atoms with Crippen molar-refractivity contribution in [3.05, 3.63) is 30.1 Å². The molecule has 50 valence electrons. The minimum atomic E-state index is 1.26. The zero-order chi connectivity index (χ0) is 7.11. The highest BCUT2D eigenvalue weighted by molar-refractivity contribution is 6.15. The Morgan fingerprint density at radius 1 is 1.22 bits per heavy atom. The summed E-state index contributed by atoms with van der Waals surface area (Å²) in [4.78, 5) is 3.85. The highest BCUT2D eigenvalue weighted by Crippen LogP contribution is 1.88. The van der Waals surface area contributed by atoms with Gasteiger partial charge in [0, 0.05) is 18.8 Å². The maximum atomic E-state index is 4.64. The molecule has 0 atom stereocenters. The van der Waals surface area contributed by atoms with Gasteiger partial charge in [-0.1, -0.05) is 0 Å². The topological polar surface area (TPSA) is 12.9 Å². The summed E-state index contributed by atoms with van der Waals surface area (Å²) in [7, 11) is 0. The van der Waals surface area contributed by atoms with E-state index in [4.69, 9.17) is 0 Å². The van der Waals surface area contributed by atoms with E-state index in [1.807, 2.05) is 19.1 Å². The zero-order valence-corrected chi connectivity index (χ0v) is 6.39. The quantitative estimate of drug-likeness (QED) is 0.508. The van der Waals surface area contributed by atoms with Gasteiger partial charge in [-0.15, -0.1) is 11.6 Å². The van der Waals surface area contributed by atoms with E-state index < -0.39 is 0 Å². The van der Waals surface area contributed by atoms with Crippen LogP contribution in [0.15, 0.2) is 24.5 Å². The van der Waals surface area contributed by atoms with E-state index in [-0.39, 0.29) is 0 Å². The van der Waals surface area contributed by atoms with Crippen LogP contribution in [0.3, 0.4) is 0 Å². The summed E-state index contributed by atoms with van der Waals surface area (Å²) < 4.78 is 0. The molecule has 0 N–H and O–H groups in total. The van der Waals surface area contributed by atoms with Crippen LogP contribution in [0.1, 0.15) is 5.56 Å². The van der Waals surface area contributed by atoms with E-state index in [0.29, 0.717) is 0 Å². The average Bonchev–Trinajstić information content (AvgIpc) is 1.94. The minimum absolute atomic E-state index is 1.26. The second kappa shape index (κ2) is 5.57. The second-order valence-corrected chi connectivity index (χ2v) is 1.52. The molecule has 0 radical (unpaired) electrons. The smallest absolute Gasteiger partial charge is 0.0270 e. The van der Waals surface area contributed by atoms with Gasteiger partial charge in [-0.25, -0.2) is 0 Å². The molecule has 1 heterocycles. The fourth-order valence-electron chi connectivity index (χ4n) is 0.426. The second-order valence-electron chi connectivity index (χ2n) is 1.52. The van der Waals surface area contributed by atoms with E-state index >= 15 is 0 Å². The van der Waals surface area contributed by atoms with Crippen molar-refractivity contribution in [1.82, 2.24) is 4.98 Å². The van der Waals surface area contributed by atoms with Crippen LogP contribution in [0.5, 0.6) is 0 Å². The molecule has 1 nitrogen and oxygen atoms in total. The van der Waals surface area contributed by atoms with Crippen molar-refractivity contribution in [3.63, 3.8) is 0 Å². The van der Waals surface area contributed by atoms with E-state index in [1.165, 1.54) is 11.9 Å². The summed E-state index contributed by atoms with van der Waals surface area (Å²) in [6.45, 7) is 2.04. The molecule has 0 unspecified atom stereocenters. The minimum Gasteiger partial charge on any atom is -0.265 e. The van der Waals surface area contributed by atoms with Gasteiger partial charge in [0.1, 0.15) is 0 Å². The zero-order valence-electron chi connectivity index (χ0n) is 5.63. The Labute approximate surface area is 60.7 Å². The molecule has 9 heavy (non-hydrogen) atoms. The third-order valence-electron chi connectivity index (χ3n) is 0.847. The molecule has 0 bridgehead atoms. The monoisotopic (exact) mass is 143 g/mol. The Balaban J connectivity index is 0.000000291. The molecule has 0 aromatic carbocycles. The maximum absolute atomic E-state index is 4.64. The summed E-state index contributed by atoms with van der Waals surface area (Å²) in [5.41, 5.74) is 1.26. The van der Waals surface area contributed by atoms with Crippen molar-refractivity contribution < 1.29 is 0 Å². The Morgan fingerprint density at radius 2 is 1.67 bits per heavy atom. The van der Waals surface area contributed by atoms with Gasteiger partial charge in [0.2, 0.25) is 0 Å². The van der Waals surface area contributed by atoms with Gasteiger partial charge in [0.05, 0.1) is 0 Å². The molecule has 0 saturated carbocycles. The van der Waals surface area contributed by atoms with Crippen LogP contribution in [0, 0.1) is 6.92 Å². The first-order valence-corrected chi connectivity index (χ1v) is 3.39. The standard InChI is InChI=1S/C6H7N.CH3Cl/c1-6-2-4-7-5-3-6;1-2/h2-5H,1H3;1H3. The molecule has 0 spiro atoms. The molecule has 0 amide bonds. The molecule has 1 aromatic rings. The van der Waals surface area contributed by atoms with Crippen LogP contribution in [-0.4, -0.2) is 11.4 Å². The molecule has 2 heteroatoms. The molecule has 0 aliphatic carbocycles. The van der Waals surface area contributed by atoms with Crippen LogP contribution in [0.2, 0.25) is 0 Å². The summed E-state index contributed by atoms with van der Waals surface area (Å²) in [5.74, 6) is 0. The van der Waals surface area contributed by atoms with Crippen LogP contribution in [0.25, 0.3) is 0 Å². The van der Waals surface area contributed by atoms with Crippen molar-refractivity contribution in [2.24, 2.45) is 0 Å². The number of aryl methyl sites for hydroxylation is 1. The normalized spacial score (nSPS) is 7.44. The van der Waals surface area contributed by atoms with E-state index in [2.05, 4.69) is 16.6 Å². The Kier molecular flexibility index (Phi) is 5.23. The molecule has 0 saturated heterocycles. The first-order chi connectivity index (χ1) is 4.39. The SMILES string of the molecule is CCl.Cc1ccncc1. The number of alkyl halides is 1. The molecular weight excluding hydrogens is 134 g/mol. The van der Waals surface area contributed by atoms with Crippen molar-refractivity contribution in [2.45, 2.75) is 6.92 Å². The Bertz CT molecular complexity index is 139. The number of hydrogen-bond donors (Lipinski definition) is 0. The lowest BCUT2D eigenvalue weighted by Gasteiger charge is -1.82. The number of pyridine rings is 1. The number of rotatable bonds is 0. The van der Waals surface area contributed by atoms with Gasteiger partial charge in [0.25, 0.3) is 0 Å². The molecule has 1 rings (SSSR count). The maximum Gasteiger partial charge on any atom is 0.0270 e. The molecule has 0 aliphatic heterocycles. The van der Waals surface area contributed by atoms with Crippen LogP contribution in [0.4, 0.5) is 0 Å². The van der Waals surface area contributed by atoms with Gasteiger partial charge in [-0.3, -0.25) is 4.98 Å². The number of hydrogen-bond acceptors (Lipinski definition) is 1. The van der Waals surface area contributed by atoms with E-state index in [9.17, 15) is 0 Å². The predicted molar refractivity (Wildman–Crippen MR) is 40.8 cm³/mol. The first-order valence-electron chi connectivity index (χ1n) is 2.64. The van der Waals surface area contributed by atoms with Crippen molar-refractivity contribution >= 4 is 11.6 Å². The highest BCUT2D eigenvalue weighted by atomic mass is 35.5. The summed E-state index contributed by atoms with van der Waals surface area (Å²) in [6, 6.07) is 3.94. The van der Waals surface area contributed by atoms with Gasteiger partial charge in [0.15, 0.2) is 0 Å². The number of halogens is 1. The van der Waals surface area contributed by atoms with Crippen molar-refractivity contribution in [3.8, 4) is 0 Å². The summed E-state index contributed by atoms with van der Waals surface area (Å²) in [5, 5.41) is 0.